The molecule has 0 bridgehead atoms. The summed E-state index contributed by atoms with van der Waals surface area (Å²) < 4.78 is 6.20. The molecular weight excluding hydrogens is 392 g/mol. The Morgan fingerprint density at radius 3 is 2.24 bits per heavy atom. The number of primary amides is 1. The Morgan fingerprint density at radius 1 is 1.17 bits per heavy atom. The Morgan fingerprint density at radius 2 is 1.76 bits per heavy atom. The zero-order valence-corrected chi connectivity index (χ0v) is 18.7. The smallest absolute Gasteiger partial charge is 0.405 e. The maximum Gasteiger partial charge on any atom is 0.405 e. The van der Waals surface area contributed by atoms with Gasteiger partial charge in [0, 0.05) is 12.2 Å². The van der Waals surface area contributed by atoms with Crippen LogP contribution in [0.3, 0.4) is 0 Å². The van der Waals surface area contributed by atoms with Crippen molar-refractivity contribution in [3.05, 3.63) is 24.3 Å². The van der Waals surface area contributed by atoms with Gasteiger partial charge in [-0.3, -0.25) is 4.79 Å². The Hall–Kier alpha value is -2.75. The predicted molar refractivity (Wildman–Crippen MR) is 115 cm³/mol. The third kappa shape index (κ3) is 8.42. The van der Waals surface area contributed by atoms with Crippen molar-refractivity contribution in [2.75, 3.05) is 11.9 Å². The molecule has 0 fully saturated rings. The van der Waals surface area contributed by atoms with Gasteiger partial charge in [0.1, 0.15) is 11.8 Å². The molecule has 0 saturated heterocycles. The highest BCUT2D eigenvalue weighted by Crippen LogP contribution is 2.37. The van der Waals surface area contributed by atoms with Gasteiger partial charge < -0.3 is 31.2 Å². The molecule has 162 valence electrons. The minimum Gasteiger partial charge on any atom is -0.544 e. The summed E-state index contributed by atoms with van der Waals surface area (Å²) in [5.74, 6) is 0.247. The highest BCUT2D eigenvalue weighted by Gasteiger charge is 2.38. The van der Waals surface area contributed by atoms with Crippen LogP contribution in [0.4, 0.5) is 15.3 Å². The molecule has 6 N–H and O–H groups in total. The molecule has 1 atom stereocenters. The second kappa shape index (κ2) is 10.1. The summed E-state index contributed by atoms with van der Waals surface area (Å²) in [6.45, 7) is 11.0. The summed E-state index contributed by atoms with van der Waals surface area (Å²) in [7, 11) is -1.96. The summed E-state index contributed by atoms with van der Waals surface area (Å²) in [6, 6.07) is 5.38. The lowest BCUT2D eigenvalue weighted by molar-refractivity contribution is -0.118. The fraction of sp³-hybridized carbons (Fsp3) is 0.526. The van der Waals surface area contributed by atoms with Gasteiger partial charge in [-0.25, -0.2) is 9.59 Å². The summed E-state index contributed by atoms with van der Waals surface area (Å²) in [6.07, 6.45) is -0.697. The Bertz CT molecular complexity index is 716. The Balaban J connectivity index is 2.71. The molecule has 1 aromatic rings. The van der Waals surface area contributed by atoms with Crippen LogP contribution in [0.1, 0.15) is 33.6 Å². The van der Waals surface area contributed by atoms with Gasteiger partial charge in [-0.05, 0) is 55.2 Å². The molecule has 0 radical (unpaired) electrons. The number of amides is 4. The molecule has 0 saturated carbocycles. The monoisotopic (exact) mass is 424 g/mol. The van der Waals surface area contributed by atoms with Crippen molar-refractivity contribution in [3.63, 3.8) is 0 Å². The number of urea groups is 1. The molecule has 29 heavy (non-hydrogen) atoms. The maximum atomic E-state index is 12.4. The molecule has 0 spiro atoms. The fourth-order valence-electron chi connectivity index (χ4n) is 2.22. The van der Waals surface area contributed by atoms with Crippen molar-refractivity contribution < 1.29 is 23.9 Å². The van der Waals surface area contributed by atoms with Gasteiger partial charge in [-0.2, -0.15) is 0 Å². The first-order chi connectivity index (χ1) is 13.3. The van der Waals surface area contributed by atoms with Gasteiger partial charge in [-0.1, -0.05) is 20.8 Å². The molecule has 1 aromatic carbocycles. The van der Waals surface area contributed by atoms with Crippen LogP contribution in [0.15, 0.2) is 24.3 Å². The summed E-state index contributed by atoms with van der Waals surface area (Å²) in [4.78, 5) is 34.1. The number of anilines is 1. The average Bonchev–Trinajstić information content (AvgIpc) is 2.57. The van der Waals surface area contributed by atoms with E-state index < -0.39 is 32.4 Å². The van der Waals surface area contributed by atoms with Gasteiger partial charge in [0.25, 0.3) is 0 Å². The van der Waals surface area contributed by atoms with Crippen molar-refractivity contribution in [1.82, 2.24) is 10.6 Å². The molecule has 0 aliphatic carbocycles. The average molecular weight is 425 g/mol. The Labute approximate surface area is 172 Å². The van der Waals surface area contributed by atoms with Crippen molar-refractivity contribution >= 4 is 32.0 Å². The summed E-state index contributed by atoms with van der Waals surface area (Å²) >= 11 is 0. The lowest BCUT2D eigenvalue weighted by atomic mass is 10.1. The van der Waals surface area contributed by atoms with E-state index in [1.165, 1.54) is 0 Å². The molecule has 0 heterocycles. The number of nitrogens with two attached hydrogens (primary N) is 1. The highest BCUT2D eigenvalue weighted by molar-refractivity contribution is 6.74. The molecule has 0 aliphatic heterocycles. The lowest BCUT2D eigenvalue weighted by Gasteiger charge is -2.36. The van der Waals surface area contributed by atoms with E-state index in [2.05, 4.69) is 49.8 Å². The molecule has 9 nitrogen and oxygen atoms in total. The maximum absolute atomic E-state index is 12.4. The first kappa shape index (κ1) is 24.3. The zero-order chi connectivity index (χ0) is 22.2. The first-order valence-corrected chi connectivity index (χ1v) is 12.4. The zero-order valence-electron chi connectivity index (χ0n) is 17.7. The molecule has 1 unspecified atom stereocenters. The lowest BCUT2D eigenvalue weighted by Crippen LogP contribution is -2.44. The number of benzene rings is 1. The van der Waals surface area contributed by atoms with Gasteiger partial charge in [0.2, 0.25) is 14.2 Å². The Kier molecular flexibility index (Phi) is 8.50. The van der Waals surface area contributed by atoms with Crippen molar-refractivity contribution in [2.24, 2.45) is 5.73 Å². The number of carbonyl (C=O) groups excluding carboxylic acids is 2. The predicted octanol–water partition coefficient (Wildman–Crippen LogP) is 3.09. The number of rotatable bonds is 9. The largest absolute Gasteiger partial charge is 0.544 e. The first-order valence-electron chi connectivity index (χ1n) is 9.44. The van der Waals surface area contributed by atoms with Gasteiger partial charge in [0.05, 0.1) is 0 Å². The van der Waals surface area contributed by atoms with Crippen LogP contribution in [0, 0.1) is 0 Å². The van der Waals surface area contributed by atoms with Gasteiger partial charge >= 0.3 is 12.1 Å². The van der Waals surface area contributed by atoms with E-state index in [0.29, 0.717) is 12.1 Å². The quantitative estimate of drug-likeness (QED) is 0.306. The van der Waals surface area contributed by atoms with Crippen LogP contribution in [0.25, 0.3) is 0 Å². The minimum absolute atomic E-state index is 0.0684. The van der Waals surface area contributed by atoms with Crippen LogP contribution in [-0.4, -0.2) is 44.0 Å². The molecular formula is C19H32N4O5Si. The van der Waals surface area contributed by atoms with E-state index in [4.69, 9.17) is 15.3 Å². The van der Waals surface area contributed by atoms with E-state index >= 15 is 0 Å². The molecule has 0 aliphatic rings. The highest BCUT2D eigenvalue weighted by atomic mass is 28.4. The normalized spacial score (nSPS) is 12.6. The molecule has 4 amide bonds. The van der Waals surface area contributed by atoms with Crippen LogP contribution in [0.2, 0.25) is 18.1 Å². The van der Waals surface area contributed by atoms with Crippen molar-refractivity contribution in [2.45, 2.75) is 57.8 Å². The SMILES string of the molecule is CC(C)(C)[Si](C)(C)Oc1ccc(NC(=O)C(CCCNC(N)=O)NC(=O)O)cc1. The second-order valence-electron chi connectivity index (χ2n) is 8.31. The molecule has 1 rings (SSSR count). The number of carbonyl (C=O) groups is 3. The van der Waals surface area contributed by atoms with E-state index in [1.54, 1.807) is 24.3 Å². The second-order valence-corrected chi connectivity index (χ2v) is 13.0. The van der Waals surface area contributed by atoms with Gasteiger partial charge in [0.15, 0.2) is 0 Å². The molecule has 10 heteroatoms. The van der Waals surface area contributed by atoms with E-state index in [-0.39, 0.29) is 18.0 Å². The van der Waals surface area contributed by atoms with E-state index in [9.17, 15) is 14.4 Å². The van der Waals surface area contributed by atoms with Crippen LogP contribution in [0.5, 0.6) is 5.75 Å². The molecule has 0 aromatic heterocycles. The summed E-state index contributed by atoms with van der Waals surface area (Å²) in [5.41, 5.74) is 5.51. The van der Waals surface area contributed by atoms with Crippen molar-refractivity contribution in [1.29, 1.82) is 0 Å². The van der Waals surface area contributed by atoms with E-state index in [1.807, 2.05) is 0 Å². The third-order valence-electron chi connectivity index (χ3n) is 4.88. The van der Waals surface area contributed by atoms with Crippen LogP contribution < -0.4 is 26.1 Å². The van der Waals surface area contributed by atoms with Crippen LogP contribution in [-0.2, 0) is 4.79 Å². The topological polar surface area (TPSA) is 143 Å². The van der Waals surface area contributed by atoms with Gasteiger partial charge in [-0.15, -0.1) is 0 Å². The fourth-order valence-corrected chi connectivity index (χ4v) is 3.25. The number of carboxylic acid groups (broad SMARTS) is 1. The third-order valence-corrected chi connectivity index (χ3v) is 9.24. The number of hydrogen-bond donors (Lipinski definition) is 5. The minimum atomic E-state index is -1.96. The summed E-state index contributed by atoms with van der Waals surface area (Å²) in [5, 5.41) is 16.3. The standard InChI is InChI=1S/C19H32N4O5Si/c1-19(2,3)29(4,5)28-14-10-8-13(9-11-14)22-16(24)15(23-18(26)27)7-6-12-21-17(20)25/h8-11,15,23H,6-7,12H2,1-5H3,(H,22,24)(H,26,27)(H3,20,21,25). The van der Waals surface area contributed by atoms with E-state index in [0.717, 1.165) is 5.75 Å². The number of nitrogens with one attached hydrogen (secondary N) is 3. The van der Waals surface area contributed by atoms with Crippen molar-refractivity contribution in [3.8, 4) is 5.75 Å². The number of hydrogen-bond acceptors (Lipinski definition) is 4. The van der Waals surface area contributed by atoms with Crippen LogP contribution >= 0.6 is 0 Å².